The van der Waals surface area contributed by atoms with Gasteiger partial charge in [-0.2, -0.15) is 0 Å². The SMILES string of the molecule is COC(=O)C(C)(C[SH](=O)=O)c1ccc(O)cc1. The maximum Gasteiger partial charge on any atom is 0.317 e. The van der Waals surface area contributed by atoms with Gasteiger partial charge in [-0.1, -0.05) is 12.1 Å². The van der Waals surface area contributed by atoms with E-state index in [9.17, 15) is 13.2 Å². The molecular weight excluding hydrogens is 244 g/mol. The molecule has 0 aliphatic rings. The molecule has 0 spiro atoms. The first-order chi connectivity index (χ1) is 7.90. The van der Waals surface area contributed by atoms with Gasteiger partial charge in [0, 0.05) is 0 Å². The second-order valence-electron chi connectivity index (χ2n) is 3.86. The lowest BCUT2D eigenvalue weighted by Gasteiger charge is -2.24. The summed E-state index contributed by atoms with van der Waals surface area (Å²) in [6.07, 6.45) is 0. The van der Waals surface area contributed by atoms with Gasteiger partial charge in [-0.05, 0) is 24.6 Å². The molecule has 0 radical (unpaired) electrons. The second kappa shape index (κ2) is 5.18. The quantitative estimate of drug-likeness (QED) is 0.605. The van der Waals surface area contributed by atoms with Gasteiger partial charge in [0.05, 0.1) is 12.9 Å². The number of aromatic hydroxyl groups is 1. The topological polar surface area (TPSA) is 80.7 Å². The van der Waals surface area contributed by atoms with E-state index >= 15 is 0 Å². The molecule has 17 heavy (non-hydrogen) atoms. The van der Waals surface area contributed by atoms with E-state index in [1.165, 1.54) is 38.3 Å². The Kier molecular flexibility index (Phi) is 4.11. The number of hydrogen-bond donors (Lipinski definition) is 2. The number of benzene rings is 1. The number of phenolic OH excluding ortho intramolecular Hbond substituents is 1. The van der Waals surface area contributed by atoms with Crippen molar-refractivity contribution in [1.82, 2.24) is 0 Å². The summed E-state index contributed by atoms with van der Waals surface area (Å²) in [6, 6.07) is 5.80. The average molecular weight is 258 g/mol. The van der Waals surface area contributed by atoms with Crippen molar-refractivity contribution in [3.63, 3.8) is 0 Å². The van der Waals surface area contributed by atoms with Crippen LogP contribution in [0.25, 0.3) is 0 Å². The molecule has 6 heteroatoms. The molecule has 1 aromatic carbocycles. The number of carbonyl (C=O) groups excluding carboxylic acids is 1. The first-order valence-electron chi connectivity index (χ1n) is 4.90. The molecule has 0 amide bonds. The molecule has 1 rings (SSSR count). The fourth-order valence-electron chi connectivity index (χ4n) is 1.59. The Labute approximate surface area is 101 Å². The van der Waals surface area contributed by atoms with E-state index in [1.54, 1.807) is 0 Å². The third-order valence-electron chi connectivity index (χ3n) is 2.59. The van der Waals surface area contributed by atoms with E-state index < -0.39 is 22.1 Å². The predicted molar refractivity (Wildman–Crippen MR) is 62.7 cm³/mol. The van der Waals surface area contributed by atoms with E-state index in [0.717, 1.165) is 0 Å². The minimum absolute atomic E-state index is 0.0486. The van der Waals surface area contributed by atoms with Gasteiger partial charge in [-0.15, -0.1) is 0 Å². The van der Waals surface area contributed by atoms with Crippen molar-refractivity contribution in [3.8, 4) is 5.75 Å². The number of carbonyl (C=O) groups is 1. The van der Waals surface area contributed by atoms with Gasteiger partial charge in [-0.3, -0.25) is 4.79 Å². The molecule has 0 saturated carbocycles. The number of esters is 1. The third-order valence-corrected chi connectivity index (χ3v) is 3.48. The lowest BCUT2D eigenvalue weighted by molar-refractivity contribution is -0.146. The van der Waals surface area contributed by atoms with Crippen LogP contribution in [0.1, 0.15) is 12.5 Å². The Bertz CT molecular complexity index is 469. The average Bonchev–Trinajstić information content (AvgIpc) is 2.27. The highest BCUT2D eigenvalue weighted by molar-refractivity contribution is 7.72. The maximum atomic E-state index is 11.7. The zero-order valence-corrected chi connectivity index (χ0v) is 10.4. The molecule has 0 aliphatic heterocycles. The summed E-state index contributed by atoms with van der Waals surface area (Å²) < 4.78 is 26.3. The molecule has 0 bridgehead atoms. The molecule has 1 N–H and O–H groups in total. The van der Waals surface area contributed by atoms with E-state index in [1.807, 2.05) is 0 Å². The van der Waals surface area contributed by atoms with E-state index in [2.05, 4.69) is 4.74 Å². The highest BCUT2D eigenvalue weighted by atomic mass is 32.2. The number of methoxy groups -OCH3 is 1. The van der Waals surface area contributed by atoms with Crippen LogP contribution >= 0.6 is 0 Å². The van der Waals surface area contributed by atoms with Crippen LogP contribution in [0.4, 0.5) is 0 Å². The predicted octanol–water partition coefficient (Wildman–Crippen LogP) is 0.434. The third kappa shape index (κ3) is 2.97. The monoisotopic (exact) mass is 258 g/mol. The molecular formula is C11H14O5S. The molecule has 0 aliphatic carbocycles. The van der Waals surface area contributed by atoms with Crippen molar-refractivity contribution >= 4 is 16.7 Å². The van der Waals surface area contributed by atoms with Crippen molar-refractivity contribution in [3.05, 3.63) is 29.8 Å². The summed E-state index contributed by atoms with van der Waals surface area (Å²) in [4.78, 5) is 11.7. The van der Waals surface area contributed by atoms with Crippen molar-refractivity contribution in [2.45, 2.75) is 12.3 Å². The standard InChI is InChI=1S/C11H14O5S/c1-11(7-17(14)15,10(13)16-2)8-3-5-9(12)6-4-8/h3-6,12,17H,7H2,1-2H3. The Balaban J connectivity index is 3.22. The number of hydrogen-bond acceptors (Lipinski definition) is 5. The molecule has 5 nitrogen and oxygen atoms in total. The van der Waals surface area contributed by atoms with Gasteiger partial charge in [0.1, 0.15) is 21.9 Å². The molecule has 1 unspecified atom stereocenters. The van der Waals surface area contributed by atoms with Crippen molar-refractivity contribution in [2.75, 3.05) is 12.9 Å². The molecule has 0 fully saturated rings. The fraction of sp³-hybridized carbons (Fsp3) is 0.364. The van der Waals surface area contributed by atoms with Crippen molar-refractivity contribution in [1.29, 1.82) is 0 Å². The Morgan fingerprint density at radius 1 is 1.35 bits per heavy atom. The molecule has 94 valence electrons. The summed E-state index contributed by atoms with van der Waals surface area (Å²) in [5.74, 6) is -0.908. The van der Waals surface area contributed by atoms with Crippen LogP contribution in [-0.4, -0.2) is 32.4 Å². The van der Waals surface area contributed by atoms with Crippen molar-refractivity contribution < 1.29 is 23.1 Å². The van der Waals surface area contributed by atoms with Gasteiger partial charge in [-0.25, -0.2) is 8.42 Å². The van der Waals surface area contributed by atoms with Crippen LogP contribution in [0.5, 0.6) is 5.75 Å². The Hall–Kier alpha value is -1.56. The van der Waals surface area contributed by atoms with Gasteiger partial charge < -0.3 is 9.84 Å². The lowest BCUT2D eigenvalue weighted by Crippen LogP contribution is -2.38. The van der Waals surface area contributed by atoms with E-state index in [-0.39, 0.29) is 11.5 Å². The van der Waals surface area contributed by atoms with Gasteiger partial charge >= 0.3 is 5.97 Å². The highest BCUT2D eigenvalue weighted by Gasteiger charge is 2.37. The summed E-state index contributed by atoms with van der Waals surface area (Å²) in [5.41, 5.74) is -0.765. The van der Waals surface area contributed by atoms with Crippen LogP contribution in [-0.2, 0) is 25.7 Å². The minimum Gasteiger partial charge on any atom is -0.508 e. The number of thiol groups is 1. The molecule has 1 atom stereocenters. The zero-order valence-electron chi connectivity index (χ0n) is 9.54. The van der Waals surface area contributed by atoms with Gasteiger partial charge in [0.15, 0.2) is 0 Å². The first-order valence-corrected chi connectivity index (χ1v) is 6.26. The van der Waals surface area contributed by atoms with Crippen LogP contribution in [0.2, 0.25) is 0 Å². The van der Waals surface area contributed by atoms with Crippen LogP contribution in [0, 0.1) is 0 Å². The number of phenols is 1. The molecule has 0 heterocycles. The molecule has 0 saturated heterocycles. The smallest absolute Gasteiger partial charge is 0.317 e. The molecule has 0 aromatic heterocycles. The van der Waals surface area contributed by atoms with Gasteiger partial charge in [0.2, 0.25) is 0 Å². The summed E-state index contributed by atoms with van der Waals surface area (Å²) in [5, 5.41) is 9.16. The number of rotatable bonds is 4. The maximum absolute atomic E-state index is 11.7. The largest absolute Gasteiger partial charge is 0.508 e. The van der Waals surface area contributed by atoms with Crippen LogP contribution in [0.15, 0.2) is 24.3 Å². The zero-order chi connectivity index (χ0) is 13.1. The summed E-state index contributed by atoms with van der Waals surface area (Å²) in [6.45, 7) is 1.50. The van der Waals surface area contributed by atoms with Crippen LogP contribution < -0.4 is 0 Å². The fourth-order valence-corrected chi connectivity index (χ4v) is 2.41. The van der Waals surface area contributed by atoms with E-state index in [4.69, 9.17) is 5.11 Å². The summed E-state index contributed by atoms with van der Waals surface area (Å²) >= 11 is 0. The second-order valence-corrected chi connectivity index (χ2v) is 4.84. The normalized spacial score (nSPS) is 14.3. The Morgan fingerprint density at radius 2 is 1.88 bits per heavy atom. The lowest BCUT2D eigenvalue weighted by atomic mass is 9.84. The first kappa shape index (κ1) is 13.5. The minimum atomic E-state index is -2.72. The summed E-state index contributed by atoms with van der Waals surface area (Å²) in [7, 11) is -1.51. The number of ether oxygens (including phenoxy) is 1. The molecule has 1 aromatic rings. The van der Waals surface area contributed by atoms with E-state index in [0.29, 0.717) is 5.56 Å². The van der Waals surface area contributed by atoms with Gasteiger partial charge in [0.25, 0.3) is 0 Å². The Morgan fingerprint density at radius 3 is 2.29 bits per heavy atom. The van der Waals surface area contributed by atoms with Crippen molar-refractivity contribution in [2.24, 2.45) is 0 Å². The van der Waals surface area contributed by atoms with Crippen LogP contribution in [0.3, 0.4) is 0 Å². The highest BCUT2D eigenvalue weighted by Crippen LogP contribution is 2.27.